The highest BCUT2D eigenvalue weighted by atomic mass is 16.3. The quantitative estimate of drug-likeness (QED) is 0.674. The minimum absolute atomic E-state index is 0.0159. The molecule has 0 amide bonds. The molecule has 5 unspecified atom stereocenters. The Labute approximate surface area is 110 Å². The van der Waals surface area contributed by atoms with Gasteiger partial charge in [-0.15, -0.1) is 0 Å². The number of hydrogen-bond donors (Lipinski definition) is 3. The van der Waals surface area contributed by atoms with Crippen LogP contribution in [0.3, 0.4) is 0 Å². The van der Waals surface area contributed by atoms with Gasteiger partial charge in [-0.3, -0.25) is 0 Å². The molecule has 3 heteroatoms. The Kier molecular flexibility index (Phi) is 5.14. The van der Waals surface area contributed by atoms with Crippen LogP contribution >= 0.6 is 0 Å². The Morgan fingerprint density at radius 2 is 1.83 bits per heavy atom. The SMILES string of the molecule is C/C=C/C(O)/C=C/C1C(C)C(O)C(O)CC1(C)C. The lowest BCUT2D eigenvalue weighted by Gasteiger charge is -2.46. The third-order valence-corrected chi connectivity index (χ3v) is 4.04. The second kappa shape index (κ2) is 6.00. The summed E-state index contributed by atoms with van der Waals surface area (Å²) in [6.07, 6.45) is 5.91. The van der Waals surface area contributed by atoms with E-state index in [4.69, 9.17) is 0 Å². The van der Waals surface area contributed by atoms with E-state index in [1.807, 2.05) is 26.0 Å². The van der Waals surface area contributed by atoms with E-state index in [0.29, 0.717) is 6.42 Å². The van der Waals surface area contributed by atoms with Gasteiger partial charge in [0, 0.05) is 0 Å². The summed E-state index contributed by atoms with van der Waals surface area (Å²) in [4.78, 5) is 0. The van der Waals surface area contributed by atoms with Gasteiger partial charge < -0.3 is 15.3 Å². The predicted octanol–water partition coefficient (Wildman–Crippen LogP) is 1.88. The minimum atomic E-state index is -0.688. The third-order valence-electron chi connectivity index (χ3n) is 4.04. The van der Waals surface area contributed by atoms with Gasteiger partial charge in [-0.05, 0) is 30.6 Å². The highest BCUT2D eigenvalue weighted by Crippen LogP contribution is 2.44. The fraction of sp³-hybridized carbons (Fsp3) is 0.733. The first-order chi connectivity index (χ1) is 8.29. The first kappa shape index (κ1) is 15.4. The number of aliphatic hydroxyl groups is 3. The monoisotopic (exact) mass is 254 g/mol. The number of rotatable bonds is 3. The van der Waals surface area contributed by atoms with Gasteiger partial charge in [-0.25, -0.2) is 0 Å². The van der Waals surface area contributed by atoms with Gasteiger partial charge in [0.15, 0.2) is 0 Å². The summed E-state index contributed by atoms with van der Waals surface area (Å²) in [7, 11) is 0. The maximum absolute atomic E-state index is 9.96. The Morgan fingerprint density at radius 3 is 2.39 bits per heavy atom. The molecule has 0 bridgehead atoms. The Balaban J connectivity index is 2.84. The highest BCUT2D eigenvalue weighted by Gasteiger charge is 2.44. The van der Waals surface area contributed by atoms with Crippen LogP contribution in [0.5, 0.6) is 0 Å². The molecule has 0 spiro atoms. The average Bonchev–Trinajstić information content (AvgIpc) is 2.25. The molecule has 0 aromatic rings. The van der Waals surface area contributed by atoms with Crippen LogP contribution in [0.2, 0.25) is 0 Å². The van der Waals surface area contributed by atoms with Gasteiger partial charge in [0.1, 0.15) is 0 Å². The number of hydrogen-bond acceptors (Lipinski definition) is 3. The summed E-state index contributed by atoms with van der Waals surface area (Å²) >= 11 is 0. The highest BCUT2D eigenvalue weighted by molar-refractivity contribution is 5.08. The second-order valence-corrected chi connectivity index (χ2v) is 6.04. The van der Waals surface area contributed by atoms with Crippen molar-refractivity contribution in [3.63, 3.8) is 0 Å². The van der Waals surface area contributed by atoms with E-state index in [2.05, 4.69) is 13.8 Å². The van der Waals surface area contributed by atoms with Crippen molar-refractivity contribution in [3.05, 3.63) is 24.3 Å². The first-order valence-corrected chi connectivity index (χ1v) is 6.65. The predicted molar refractivity (Wildman–Crippen MR) is 73.0 cm³/mol. The third kappa shape index (κ3) is 3.44. The van der Waals surface area contributed by atoms with E-state index in [1.54, 1.807) is 12.2 Å². The molecule has 0 saturated heterocycles. The minimum Gasteiger partial charge on any atom is -0.390 e. The summed E-state index contributed by atoms with van der Waals surface area (Å²) in [6.45, 7) is 8.00. The Bertz CT molecular complexity index is 320. The van der Waals surface area contributed by atoms with Crippen LogP contribution < -0.4 is 0 Å². The van der Waals surface area contributed by atoms with Crippen LogP contribution in [0.4, 0.5) is 0 Å². The van der Waals surface area contributed by atoms with E-state index >= 15 is 0 Å². The summed E-state index contributed by atoms with van der Waals surface area (Å²) in [5.41, 5.74) is -0.0792. The van der Waals surface area contributed by atoms with E-state index < -0.39 is 18.3 Å². The molecule has 1 fully saturated rings. The van der Waals surface area contributed by atoms with E-state index in [-0.39, 0.29) is 17.3 Å². The van der Waals surface area contributed by atoms with Gasteiger partial charge in [0.05, 0.1) is 18.3 Å². The molecule has 1 aliphatic carbocycles. The summed E-state index contributed by atoms with van der Waals surface area (Å²) in [5.74, 6) is 0.133. The van der Waals surface area contributed by atoms with Crippen LogP contribution in [-0.4, -0.2) is 33.6 Å². The summed E-state index contributed by atoms with van der Waals surface area (Å²) in [6, 6.07) is 0. The van der Waals surface area contributed by atoms with Crippen molar-refractivity contribution >= 4 is 0 Å². The van der Waals surface area contributed by atoms with E-state index in [9.17, 15) is 15.3 Å². The van der Waals surface area contributed by atoms with Crippen LogP contribution in [0.1, 0.15) is 34.1 Å². The molecule has 1 aliphatic rings. The lowest BCUT2D eigenvalue weighted by molar-refractivity contribution is -0.0970. The zero-order valence-corrected chi connectivity index (χ0v) is 11.7. The van der Waals surface area contributed by atoms with Crippen molar-refractivity contribution in [2.45, 2.75) is 52.4 Å². The molecule has 104 valence electrons. The van der Waals surface area contributed by atoms with Crippen molar-refractivity contribution in [2.75, 3.05) is 0 Å². The largest absolute Gasteiger partial charge is 0.390 e. The smallest absolute Gasteiger partial charge is 0.0902 e. The Hall–Kier alpha value is -0.640. The van der Waals surface area contributed by atoms with Crippen molar-refractivity contribution < 1.29 is 15.3 Å². The fourth-order valence-corrected chi connectivity index (χ4v) is 3.00. The molecule has 1 saturated carbocycles. The normalized spacial score (nSPS) is 38.4. The van der Waals surface area contributed by atoms with Crippen LogP contribution in [0.25, 0.3) is 0 Å². The molecule has 0 aromatic carbocycles. The van der Waals surface area contributed by atoms with Gasteiger partial charge >= 0.3 is 0 Å². The van der Waals surface area contributed by atoms with Crippen molar-refractivity contribution in [2.24, 2.45) is 17.3 Å². The van der Waals surface area contributed by atoms with Crippen molar-refractivity contribution in [1.82, 2.24) is 0 Å². The van der Waals surface area contributed by atoms with Gasteiger partial charge in [0.25, 0.3) is 0 Å². The van der Waals surface area contributed by atoms with E-state index in [0.717, 1.165) is 0 Å². The van der Waals surface area contributed by atoms with Crippen LogP contribution in [0, 0.1) is 17.3 Å². The molecular formula is C15H26O3. The van der Waals surface area contributed by atoms with Crippen molar-refractivity contribution in [1.29, 1.82) is 0 Å². The lowest BCUT2D eigenvalue weighted by Crippen LogP contribution is -2.48. The first-order valence-electron chi connectivity index (χ1n) is 6.65. The topological polar surface area (TPSA) is 60.7 Å². The number of aliphatic hydroxyl groups excluding tert-OH is 3. The zero-order chi connectivity index (χ0) is 13.9. The van der Waals surface area contributed by atoms with Crippen molar-refractivity contribution in [3.8, 4) is 0 Å². The van der Waals surface area contributed by atoms with Gasteiger partial charge in [0.2, 0.25) is 0 Å². The summed E-state index contributed by atoms with van der Waals surface area (Å²) in [5, 5.41) is 29.5. The summed E-state index contributed by atoms with van der Waals surface area (Å²) < 4.78 is 0. The Morgan fingerprint density at radius 1 is 1.22 bits per heavy atom. The molecular weight excluding hydrogens is 228 g/mol. The molecule has 5 atom stereocenters. The molecule has 0 heterocycles. The fourth-order valence-electron chi connectivity index (χ4n) is 3.00. The van der Waals surface area contributed by atoms with Gasteiger partial charge in [-0.2, -0.15) is 0 Å². The van der Waals surface area contributed by atoms with E-state index in [1.165, 1.54) is 0 Å². The number of allylic oxidation sites excluding steroid dienone is 2. The zero-order valence-electron chi connectivity index (χ0n) is 11.7. The molecule has 1 rings (SSSR count). The maximum atomic E-state index is 9.96. The van der Waals surface area contributed by atoms with Crippen LogP contribution in [-0.2, 0) is 0 Å². The standard InChI is InChI=1S/C15H26O3/c1-5-6-11(16)7-8-12-10(2)14(18)13(17)9-15(12,3)4/h5-8,10-14,16-18H,9H2,1-4H3/b6-5+,8-7+. The lowest BCUT2D eigenvalue weighted by atomic mass is 9.62. The molecule has 3 nitrogen and oxygen atoms in total. The molecule has 0 aliphatic heterocycles. The molecule has 0 radical (unpaired) electrons. The molecule has 3 N–H and O–H groups in total. The van der Waals surface area contributed by atoms with Gasteiger partial charge in [-0.1, -0.05) is 45.1 Å². The molecule has 18 heavy (non-hydrogen) atoms. The average molecular weight is 254 g/mol. The van der Waals surface area contributed by atoms with Crippen LogP contribution in [0.15, 0.2) is 24.3 Å². The maximum Gasteiger partial charge on any atom is 0.0902 e. The molecule has 0 aromatic heterocycles. The second-order valence-electron chi connectivity index (χ2n) is 6.04.